The van der Waals surface area contributed by atoms with Gasteiger partial charge in [0.2, 0.25) is 0 Å². The molecule has 5 nitrogen and oxygen atoms in total. The van der Waals surface area contributed by atoms with Crippen molar-refractivity contribution in [2.45, 2.75) is 24.4 Å². The Hall–Kier alpha value is -0.810. The van der Waals surface area contributed by atoms with Crippen LogP contribution in [-0.2, 0) is 4.74 Å². The number of hydrogen-bond donors (Lipinski definition) is 2. The van der Waals surface area contributed by atoms with Gasteiger partial charge in [-0.15, -0.1) is 0 Å². The number of fused-ring (bicyclic) bond motifs is 2. The number of ether oxygens (including phenoxy) is 1. The Kier molecular flexibility index (Phi) is 2.36. The molecule has 0 spiro atoms. The summed E-state index contributed by atoms with van der Waals surface area (Å²) in [5.74, 6) is 0. The number of rotatable bonds is 2. The van der Waals surface area contributed by atoms with Crippen molar-refractivity contribution in [1.29, 1.82) is 0 Å². The summed E-state index contributed by atoms with van der Waals surface area (Å²) in [6, 6.07) is 0.136. The third kappa shape index (κ3) is 1.27. The van der Waals surface area contributed by atoms with E-state index in [1.807, 2.05) is 0 Å². The van der Waals surface area contributed by atoms with Gasteiger partial charge in [0.1, 0.15) is 0 Å². The fraction of sp³-hybridized carbons (Fsp3) is 0.889. The molecule has 2 atom stereocenters. The lowest BCUT2D eigenvalue weighted by molar-refractivity contribution is 0.0105. The summed E-state index contributed by atoms with van der Waals surface area (Å²) in [7, 11) is 1.62. The van der Waals surface area contributed by atoms with Crippen LogP contribution in [0.1, 0.15) is 12.8 Å². The maximum absolute atomic E-state index is 11.1. The zero-order valence-electron chi connectivity index (χ0n) is 8.32. The summed E-state index contributed by atoms with van der Waals surface area (Å²) < 4.78 is 5.14. The largest absolute Gasteiger partial charge is 0.465 e. The van der Waals surface area contributed by atoms with Gasteiger partial charge in [0, 0.05) is 26.2 Å². The Morgan fingerprint density at radius 2 is 2.57 bits per heavy atom. The zero-order valence-corrected chi connectivity index (χ0v) is 8.32. The third-order valence-electron chi connectivity index (χ3n) is 3.27. The van der Waals surface area contributed by atoms with Gasteiger partial charge in [0.25, 0.3) is 0 Å². The van der Waals surface area contributed by atoms with Crippen LogP contribution in [0, 0.1) is 0 Å². The molecule has 0 aromatic carbocycles. The van der Waals surface area contributed by atoms with Gasteiger partial charge < -0.3 is 15.2 Å². The second-order valence-electron chi connectivity index (χ2n) is 4.13. The highest BCUT2D eigenvalue weighted by Gasteiger charge is 2.51. The molecule has 0 radical (unpaired) electrons. The third-order valence-corrected chi connectivity index (χ3v) is 3.27. The quantitative estimate of drug-likeness (QED) is 0.664. The molecule has 2 fully saturated rings. The smallest absolute Gasteiger partial charge is 0.408 e. The van der Waals surface area contributed by atoms with Gasteiger partial charge in [0.05, 0.1) is 12.1 Å². The molecule has 0 aromatic heterocycles. The summed E-state index contributed by atoms with van der Waals surface area (Å²) >= 11 is 0. The van der Waals surface area contributed by atoms with Crippen LogP contribution in [0.2, 0.25) is 0 Å². The molecule has 5 heteroatoms. The Morgan fingerprint density at radius 3 is 3.21 bits per heavy atom. The van der Waals surface area contributed by atoms with Crippen LogP contribution in [0.5, 0.6) is 0 Å². The van der Waals surface area contributed by atoms with Crippen LogP contribution >= 0.6 is 0 Å². The molecule has 2 saturated heterocycles. The predicted molar refractivity (Wildman–Crippen MR) is 50.4 cm³/mol. The van der Waals surface area contributed by atoms with E-state index in [0.717, 1.165) is 19.4 Å². The van der Waals surface area contributed by atoms with Gasteiger partial charge in [0.15, 0.2) is 0 Å². The van der Waals surface area contributed by atoms with E-state index >= 15 is 0 Å². The molecule has 2 aliphatic heterocycles. The monoisotopic (exact) mass is 200 g/mol. The molecule has 2 bridgehead atoms. The van der Waals surface area contributed by atoms with Crippen molar-refractivity contribution in [3.63, 3.8) is 0 Å². The number of hydrogen-bond acceptors (Lipinski definition) is 3. The molecule has 2 aliphatic rings. The SMILES string of the molecule is COC[C@@]12CC[C@@H](CNC1)N2C(=O)O. The fourth-order valence-electron chi connectivity index (χ4n) is 2.73. The zero-order chi connectivity index (χ0) is 10.2. The van der Waals surface area contributed by atoms with Crippen LogP contribution < -0.4 is 5.32 Å². The van der Waals surface area contributed by atoms with Crippen molar-refractivity contribution in [2.24, 2.45) is 0 Å². The summed E-state index contributed by atoms with van der Waals surface area (Å²) in [6.45, 7) is 1.98. The minimum Gasteiger partial charge on any atom is -0.465 e. The number of methoxy groups -OCH3 is 1. The number of carboxylic acid groups (broad SMARTS) is 1. The summed E-state index contributed by atoms with van der Waals surface area (Å²) in [5.41, 5.74) is -0.316. The molecule has 2 heterocycles. The molecule has 0 aliphatic carbocycles. The van der Waals surface area contributed by atoms with Crippen molar-refractivity contribution in [1.82, 2.24) is 10.2 Å². The molecule has 0 saturated carbocycles. The molecule has 0 unspecified atom stereocenters. The first-order valence-electron chi connectivity index (χ1n) is 4.91. The van der Waals surface area contributed by atoms with Gasteiger partial charge in [-0.3, -0.25) is 4.90 Å². The summed E-state index contributed by atoms with van der Waals surface area (Å²) in [4.78, 5) is 12.7. The Labute approximate surface area is 83.0 Å². The molecule has 0 aromatic rings. The number of amides is 1. The van der Waals surface area contributed by atoms with E-state index in [0.29, 0.717) is 13.2 Å². The fourth-order valence-corrected chi connectivity index (χ4v) is 2.73. The van der Waals surface area contributed by atoms with Gasteiger partial charge in [-0.2, -0.15) is 0 Å². The van der Waals surface area contributed by atoms with Crippen LogP contribution in [0.3, 0.4) is 0 Å². The normalized spacial score (nSPS) is 36.1. The first-order chi connectivity index (χ1) is 6.69. The molecular weight excluding hydrogens is 184 g/mol. The molecule has 1 amide bonds. The standard InChI is InChI=1S/C9H16N2O3/c1-14-6-9-3-2-7(4-10-5-9)11(9)8(12)13/h7,10H,2-6H2,1H3,(H,12,13)/t7-,9+/m0/s1. The van der Waals surface area contributed by atoms with Gasteiger partial charge in [-0.25, -0.2) is 4.79 Å². The van der Waals surface area contributed by atoms with Crippen LogP contribution in [0.25, 0.3) is 0 Å². The molecular formula is C9H16N2O3. The average Bonchev–Trinajstić information content (AvgIpc) is 2.35. The minimum absolute atomic E-state index is 0.136. The molecule has 80 valence electrons. The number of piperazine rings is 1. The lowest BCUT2D eigenvalue weighted by atomic mass is 9.97. The predicted octanol–water partition coefficient (Wildman–Crippen LogP) is 0.117. The van der Waals surface area contributed by atoms with E-state index in [4.69, 9.17) is 9.84 Å². The van der Waals surface area contributed by atoms with E-state index in [1.54, 1.807) is 12.0 Å². The maximum atomic E-state index is 11.1. The van der Waals surface area contributed by atoms with E-state index in [1.165, 1.54) is 0 Å². The number of nitrogens with one attached hydrogen (secondary N) is 1. The van der Waals surface area contributed by atoms with E-state index < -0.39 is 6.09 Å². The Balaban J connectivity index is 2.23. The Morgan fingerprint density at radius 1 is 1.79 bits per heavy atom. The van der Waals surface area contributed by atoms with Crippen molar-refractivity contribution in [2.75, 3.05) is 26.8 Å². The Bertz CT molecular complexity index is 237. The van der Waals surface area contributed by atoms with Gasteiger partial charge >= 0.3 is 6.09 Å². The van der Waals surface area contributed by atoms with E-state index in [2.05, 4.69) is 5.32 Å². The lowest BCUT2D eigenvalue weighted by Crippen LogP contribution is -2.63. The minimum atomic E-state index is -0.814. The second-order valence-corrected chi connectivity index (χ2v) is 4.13. The first kappa shape index (κ1) is 9.73. The van der Waals surface area contributed by atoms with Gasteiger partial charge in [-0.1, -0.05) is 0 Å². The highest BCUT2D eigenvalue weighted by atomic mass is 16.5. The number of carbonyl (C=O) groups is 1. The summed E-state index contributed by atoms with van der Waals surface area (Å²) in [5, 5.41) is 12.4. The van der Waals surface area contributed by atoms with Crippen LogP contribution in [0.4, 0.5) is 4.79 Å². The maximum Gasteiger partial charge on any atom is 0.408 e. The summed E-state index contributed by atoms with van der Waals surface area (Å²) in [6.07, 6.45) is 1.04. The van der Waals surface area contributed by atoms with Crippen molar-refractivity contribution in [3.8, 4) is 0 Å². The van der Waals surface area contributed by atoms with E-state index in [9.17, 15) is 4.79 Å². The van der Waals surface area contributed by atoms with Crippen molar-refractivity contribution in [3.05, 3.63) is 0 Å². The molecule has 2 rings (SSSR count). The number of nitrogens with zero attached hydrogens (tertiary/aromatic N) is 1. The molecule has 2 N–H and O–H groups in total. The highest BCUT2D eigenvalue weighted by molar-refractivity contribution is 5.67. The van der Waals surface area contributed by atoms with E-state index in [-0.39, 0.29) is 11.6 Å². The topological polar surface area (TPSA) is 61.8 Å². The lowest BCUT2D eigenvalue weighted by Gasteiger charge is -2.42. The van der Waals surface area contributed by atoms with Crippen LogP contribution in [-0.4, -0.2) is 54.5 Å². The van der Waals surface area contributed by atoms with Gasteiger partial charge in [-0.05, 0) is 12.8 Å². The molecule has 14 heavy (non-hydrogen) atoms. The van der Waals surface area contributed by atoms with Crippen molar-refractivity contribution < 1.29 is 14.6 Å². The van der Waals surface area contributed by atoms with Crippen molar-refractivity contribution >= 4 is 6.09 Å². The average molecular weight is 200 g/mol. The highest BCUT2D eigenvalue weighted by Crippen LogP contribution is 2.36. The second kappa shape index (κ2) is 3.40. The van der Waals surface area contributed by atoms with Crippen LogP contribution in [0.15, 0.2) is 0 Å². The first-order valence-corrected chi connectivity index (χ1v) is 4.91.